The number of nitrogens with one attached hydrogen (secondary N) is 4. The number of aliphatic hydroxyl groups is 3. The summed E-state index contributed by atoms with van der Waals surface area (Å²) in [4.78, 5) is 0. The summed E-state index contributed by atoms with van der Waals surface area (Å²) in [5.41, 5.74) is 3.94. The first-order valence-electron chi connectivity index (χ1n) is 7.13. The molecular weight excluding hydrogens is 262 g/mol. The Labute approximate surface area is 121 Å². The Hall–Kier alpha value is -0.320. The van der Waals surface area contributed by atoms with Gasteiger partial charge in [0.1, 0.15) is 0 Å². The lowest BCUT2D eigenvalue weighted by Gasteiger charge is -2.20. The van der Waals surface area contributed by atoms with Crippen LogP contribution in [0.15, 0.2) is 0 Å². The van der Waals surface area contributed by atoms with Gasteiger partial charge in [-0.3, -0.25) is 0 Å². The molecule has 1 rings (SSSR count). The van der Waals surface area contributed by atoms with Gasteiger partial charge in [-0.15, -0.1) is 0 Å². The Morgan fingerprint density at radius 2 is 0.800 bits per heavy atom. The molecule has 9 N–H and O–H groups in total. The summed E-state index contributed by atoms with van der Waals surface area (Å²) < 4.78 is 0. The van der Waals surface area contributed by atoms with E-state index in [0.717, 1.165) is 52.4 Å². The molecule has 20 heavy (non-hydrogen) atoms. The van der Waals surface area contributed by atoms with E-state index in [9.17, 15) is 0 Å². The minimum absolute atomic E-state index is 0.403. The van der Waals surface area contributed by atoms with Crippen molar-refractivity contribution in [3.8, 4) is 0 Å². The smallest absolute Gasteiger partial charge is 0.0856 e. The zero-order valence-corrected chi connectivity index (χ0v) is 12.2. The molecule has 0 saturated carbocycles. The van der Waals surface area contributed by atoms with Crippen molar-refractivity contribution in [2.45, 2.75) is 5.54 Å². The third kappa shape index (κ3) is 11.5. The Morgan fingerprint density at radius 3 is 0.900 bits per heavy atom. The molecule has 0 atom stereocenters. The molecule has 0 aromatic rings. The number of nitrogens with two attached hydrogens (primary N) is 1. The third-order valence-corrected chi connectivity index (χ3v) is 2.86. The molecule has 0 aromatic heterocycles. The van der Waals surface area contributed by atoms with Crippen LogP contribution in [0.1, 0.15) is 0 Å². The van der Waals surface area contributed by atoms with Crippen LogP contribution >= 0.6 is 0 Å². The molecule has 1 fully saturated rings. The molecule has 0 bridgehead atoms. The molecule has 1 saturated heterocycles. The fourth-order valence-corrected chi connectivity index (χ4v) is 1.36. The largest absolute Gasteiger partial charge is 0.394 e. The predicted octanol–water partition coefficient (Wildman–Crippen LogP) is -3.98. The second-order valence-corrected chi connectivity index (χ2v) is 4.84. The van der Waals surface area contributed by atoms with Crippen LogP contribution in [0.3, 0.4) is 0 Å². The molecule has 0 spiro atoms. The van der Waals surface area contributed by atoms with E-state index in [2.05, 4.69) is 21.3 Å². The SMILES string of the molecule is C1CNCCNCCNCCN1.NC(CO)(CO)CO. The summed E-state index contributed by atoms with van der Waals surface area (Å²) in [6.07, 6.45) is 0. The average molecular weight is 293 g/mol. The highest BCUT2D eigenvalue weighted by Gasteiger charge is 2.20. The molecular formula is C12H31N5O3. The molecule has 8 heteroatoms. The Balaban J connectivity index is 0.000000396. The molecule has 0 amide bonds. The van der Waals surface area contributed by atoms with Gasteiger partial charge in [0.15, 0.2) is 0 Å². The number of aliphatic hydroxyl groups excluding tert-OH is 3. The van der Waals surface area contributed by atoms with Crippen molar-refractivity contribution in [3.63, 3.8) is 0 Å². The van der Waals surface area contributed by atoms with Crippen LogP contribution in [0.4, 0.5) is 0 Å². The van der Waals surface area contributed by atoms with E-state index in [0.29, 0.717) is 0 Å². The van der Waals surface area contributed by atoms with E-state index >= 15 is 0 Å². The maximum Gasteiger partial charge on any atom is 0.0856 e. The van der Waals surface area contributed by atoms with Gasteiger partial charge in [0.25, 0.3) is 0 Å². The first kappa shape index (κ1) is 19.7. The number of hydrogen-bond donors (Lipinski definition) is 8. The Morgan fingerprint density at radius 1 is 0.600 bits per heavy atom. The summed E-state index contributed by atoms with van der Waals surface area (Å²) in [7, 11) is 0. The van der Waals surface area contributed by atoms with Crippen molar-refractivity contribution in [1.82, 2.24) is 21.3 Å². The van der Waals surface area contributed by atoms with Gasteiger partial charge >= 0.3 is 0 Å². The second-order valence-electron chi connectivity index (χ2n) is 4.84. The van der Waals surface area contributed by atoms with Gasteiger partial charge < -0.3 is 42.3 Å². The lowest BCUT2D eigenvalue weighted by Crippen LogP contribution is -2.50. The molecule has 0 aromatic carbocycles. The highest BCUT2D eigenvalue weighted by molar-refractivity contribution is 4.80. The van der Waals surface area contributed by atoms with Gasteiger partial charge in [-0.1, -0.05) is 0 Å². The van der Waals surface area contributed by atoms with Crippen molar-refractivity contribution in [3.05, 3.63) is 0 Å². The Kier molecular flexibility index (Phi) is 13.4. The predicted molar refractivity (Wildman–Crippen MR) is 79.7 cm³/mol. The summed E-state index contributed by atoms with van der Waals surface area (Å²) in [6.45, 7) is 7.36. The normalized spacial score (nSPS) is 19.2. The van der Waals surface area contributed by atoms with E-state index in [-0.39, 0.29) is 0 Å². The van der Waals surface area contributed by atoms with Gasteiger partial charge in [0.05, 0.1) is 25.4 Å². The quantitative estimate of drug-likeness (QED) is 0.264. The van der Waals surface area contributed by atoms with Crippen LogP contribution in [-0.2, 0) is 0 Å². The van der Waals surface area contributed by atoms with Crippen molar-refractivity contribution >= 4 is 0 Å². The lowest BCUT2D eigenvalue weighted by molar-refractivity contribution is 0.0698. The zero-order chi connectivity index (χ0) is 15.1. The summed E-state index contributed by atoms with van der Waals surface area (Å²) in [5.74, 6) is 0. The molecule has 122 valence electrons. The van der Waals surface area contributed by atoms with Gasteiger partial charge in [0, 0.05) is 52.4 Å². The highest BCUT2D eigenvalue weighted by Crippen LogP contribution is 1.93. The summed E-state index contributed by atoms with van der Waals surface area (Å²) in [6, 6.07) is 0. The third-order valence-electron chi connectivity index (χ3n) is 2.86. The fourth-order valence-electron chi connectivity index (χ4n) is 1.36. The number of rotatable bonds is 3. The minimum Gasteiger partial charge on any atom is -0.394 e. The van der Waals surface area contributed by atoms with E-state index in [1.54, 1.807) is 0 Å². The van der Waals surface area contributed by atoms with Crippen molar-refractivity contribution in [2.24, 2.45) is 5.73 Å². The lowest BCUT2D eigenvalue weighted by atomic mass is 10.1. The second kappa shape index (κ2) is 13.7. The molecule has 1 aliphatic heterocycles. The van der Waals surface area contributed by atoms with Crippen LogP contribution in [-0.4, -0.2) is 93.0 Å². The van der Waals surface area contributed by atoms with Gasteiger partial charge in [-0.05, 0) is 0 Å². The summed E-state index contributed by atoms with van der Waals surface area (Å²) >= 11 is 0. The Bertz CT molecular complexity index is 154. The topological polar surface area (TPSA) is 135 Å². The standard InChI is InChI=1S/C8H20N4.C4H11NO3/c1-2-10-5-6-12-8-7-11-4-3-9-1;5-4(1-6,2-7)3-8/h9-12H,1-8H2;6-8H,1-3,5H2. The van der Waals surface area contributed by atoms with E-state index in [1.807, 2.05) is 0 Å². The fraction of sp³-hybridized carbons (Fsp3) is 1.00. The van der Waals surface area contributed by atoms with Crippen molar-refractivity contribution in [2.75, 3.05) is 72.2 Å². The van der Waals surface area contributed by atoms with Gasteiger partial charge in [0.2, 0.25) is 0 Å². The van der Waals surface area contributed by atoms with E-state index in [4.69, 9.17) is 21.1 Å². The average Bonchev–Trinajstić information content (AvgIpc) is 2.48. The first-order chi connectivity index (χ1) is 9.68. The van der Waals surface area contributed by atoms with Crippen LogP contribution < -0.4 is 27.0 Å². The maximum atomic E-state index is 8.34. The zero-order valence-electron chi connectivity index (χ0n) is 12.2. The van der Waals surface area contributed by atoms with Gasteiger partial charge in [-0.2, -0.15) is 0 Å². The minimum atomic E-state index is -1.21. The van der Waals surface area contributed by atoms with Crippen LogP contribution in [0.25, 0.3) is 0 Å². The van der Waals surface area contributed by atoms with Gasteiger partial charge in [-0.25, -0.2) is 0 Å². The van der Waals surface area contributed by atoms with Crippen LogP contribution in [0.5, 0.6) is 0 Å². The first-order valence-corrected chi connectivity index (χ1v) is 7.13. The van der Waals surface area contributed by atoms with E-state index < -0.39 is 25.4 Å². The molecule has 0 aliphatic carbocycles. The molecule has 1 aliphatic rings. The maximum absolute atomic E-state index is 8.34. The monoisotopic (exact) mass is 293 g/mol. The van der Waals surface area contributed by atoms with Crippen LogP contribution in [0.2, 0.25) is 0 Å². The van der Waals surface area contributed by atoms with Crippen LogP contribution in [0, 0.1) is 0 Å². The van der Waals surface area contributed by atoms with Crippen molar-refractivity contribution < 1.29 is 15.3 Å². The summed E-state index contributed by atoms with van der Waals surface area (Å²) in [5, 5.41) is 38.5. The molecule has 8 nitrogen and oxygen atoms in total. The molecule has 0 unspecified atom stereocenters. The molecule has 0 radical (unpaired) electrons. The van der Waals surface area contributed by atoms with E-state index in [1.165, 1.54) is 0 Å². The van der Waals surface area contributed by atoms with Crippen molar-refractivity contribution in [1.29, 1.82) is 0 Å². The highest BCUT2D eigenvalue weighted by atomic mass is 16.3. The number of hydrogen-bond acceptors (Lipinski definition) is 8. The molecule has 1 heterocycles.